The predicted octanol–water partition coefficient (Wildman–Crippen LogP) is 3.49. The monoisotopic (exact) mass is 313 g/mol. The zero-order valence-corrected chi connectivity index (χ0v) is 10.4. The standard InChI is InChI=1S/C12H6BrF2NO2/c13-7-3-4-8(14)9(10(7)15)6-2-1-5-16-11(6)12(17)18/h1-5H,(H,17,18). The van der Waals surface area contributed by atoms with Crippen molar-refractivity contribution < 1.29 is 18.7 Å². The van der Waals surface area contributed by atoms with Gasteiger partial charge in [0.25, 0.3) is 0 Å². The molecule has 0 spiro atoms. The number of aromatic nitrogens is 1. The van der Waals surface area contributed by atoms with Crippen molar-refractivity contribution in [3.8, 4) is 11.1 Å². The summed E-state index contributed by atoms with van der Waals surface area (Å²) in [5.41, 5.74) is -0.899. The third-order valence-electron chi connectivity index (χ3n) is 2.32. The fourth-order valence-corrected chi connectivity index (χ4v) is 1.88. The number of hydrogen-bond acceptors (Lipinski definition) is 2. The molecular weight excluding hydrogens is 308 g/mol. The summed E-state index contributed by atoms with van der Waals surface area (Å²) in [6, 6.07) is 5.00. The second kappa shape index (κ2) is 4.81. The first-order chi connectivity index (χ1) is 8.52. The van der Waals surface area contributed by atoms with Crippen molar-refractivity contribution in [3.05, 3.63) is 52.3 Å². The zero-order valence-electron chi connectivity index (χ0n) is 8.82. The Labute approximate surface area is 109 Å². The first kappa shape index (κ1) is 12.6. The maximum absolute atomic E-state index is 13.9. The van der Waals surface area contributed by atoms with Gasteiger partial charge < -0.3 is 5.11 Å². The number of hydrogen-bond donors (Lipinski definition) is 1. The number of benzene rings is 1. The summed E-state index contributed by atoms with van der Waals surface area (Å²) in [7, 11) is 0. The summed E-state index contributed by atoms with van der Waals surface area (Å²) in [4.78, 5) is 14.6. The molecule has 1 aromatic carbocycles. The van der Waals surface area contributed by atoms with Crippen LogP contribution in [0.25, 0.3) is 11.1 Å². The minimum absolute atomic E-state index is 0.0547. The van der Waals surface area contributed by atoms with Gasteiger partial charge in [0.05, 0.1) is 10.0 Å². The third kappa shape index (κ3) is 2.11. The quantitative estimate of drug-likeness (QED) is 0.863. The van der Waals surface area contributed by atoms with Gasteiger partial charge in [0.15, 0.2) is 5.69 Å². The lowest BCUT2D eigenvalue weighted by atomic mass is 10.0. The van der Waals surface area contributed by atoms with Crippen LogP contribution in [0.15, 0.2) is 34.9 Å². The highest BCUT2D eigenvalue weighted by molar-refractivity contribution is 9.10. The lowest BCUT2D eigenvalue weighted by Crippen LogP contribution is -2.04. The summed E-state index contributed by atoms with van der Waals surface area (Å²) in [6.45, 7) is 0. The molecule has 0 saturated carbocycles. The third-order valence-corrected chi connectivity index (χ3v) is 2.94. The smallest absolute Gasteiger partial charge is 0.355 e. The summed E-state index contributed by atoms with van der Waals surface area (Å²) < 4.78 is 27.6. The molecule has 0 radical (unpaired) electrons. The second-order valence-electron chi connectivity index (χ2n) is 3.42. The van der Waals surface area contributed by atoms with Gasteiger partial charge in [-0.25, -0.2) is 18.6 Å². The van der Waals surface area contributed by atoms with Crippen LogP contribution >= 0.6 is 15.9 Å². The highest BCUT2D eigenvalue weighted by Gasteiger charge is 2.20. The van der Waals surface area contributed by atoms with E-state index in [0.717, 1.165) is 6.07 Å². The molecule has 3 nitrogen and oxygen atoms in total. The Hall–Kier alpha value is -1.82. The van der Waals surface area contributed by atoms with Crippen LogP contribution < -0.4 is 0 Å². The lowest BCUT2D eigenvalue weighted by Gasteiger charge is -2.08. The van der Waals surface area contributed by atoms with Crippen LogP contribution in [-0.4, -0.2) is 16.1 Å². The minimum atomic E-state index is -1.34. The van der Waals surface area contributed by atoms with Gasteiger partial charge in [-0.15, -0.1) is 0 Å². The average molecular weight is 314 g/mol. The number of nitrogens with zero attached hydrogens (tertiary/aromatic N) is 1. The number of carbonyl (C=O) groups is 1. The maximum atomic E-state index is 13.9. The number of carboxylic acids is 1. The van der Waals surface area contributed by atoms with E-state index in [-0.39, 0.29) is 10.0 Å². The molecule has 0 amide bonds. The first-order valence-corrected chi connectivity index (χ1v) is 5.64. The Bertz CT molecular complexity index is 631. The van der Waals surface area contributed by atoms with E-state index in [0.29, 0.717) is 0 Å². The van der Waals surface area contributed by atoms with Gasteiger partial charge in [0.2, 0.25) is 0 Å². The molecule has 0 aliphatic carbocycles. The average Bonchev–Trinajstić information content (AvgIpc) is 2.35. The highest BCUT2D eigenvalue weighted by atomic mass is 79.9. The molecule has 0 unspecified atom stereocenters. The Morgan fingerprint density at radius 2 is 2.00 bits per heavy atom. The Morgan fingerprint density at radius 3 is 2.67 bits per heavy atom. The van der Waals surface area contributed by atoms with E-state index >= 15 is 0 Å². The van der Waals surface area contributed by atoms with Crippen molar-refractivity contribution >= 4 is 21.9 Å². The molecular formula is C12H6BrF2NO2. The van der Waals surface area contributed by atoms with Crippen LogP contribution in [0.3, 0.4) is 0 Å². The molecule has 2 aromatic rings. The van der Waals surface area contributed by atoms with Gasteiger partial charge in [-0.1, -0.05) is 6.07 Å². The summed E-state index contributed by atoms with van der Waals surface area (Å²) >= 11 is 2.93. The topological polar surface area (TPSA) is 50.2 Å². The van der Waals surface area contributed by atoms with Gasteiger partial charge >= 0.3 is 5.97 Å². The molecule has 0 atom stereocenters. The van der Waals surface area contributed by atoms with Crippen molar-refractivity contribution in [1.82, 2.24) is 4.98 Å². The van der Waals surface area contributed by atoms with Gasteiger partial charge in [-0.05, 0) is 34.1 Å². The molecule has 0 bridgehead atoms. The van der Waals surface area contributed by atoms with E-state index in [1.54, 1.807) is 0 Å². The molecule has 1 heterocycles. The molecule has 92 valence electrons. The van der Waals surface area contributed by atoms with Crippen molar-refractivity contribution in [2.45, 2.75) is 0 Å². The Balaban J connectivity index is 2.77. The van der Waals surface area contributed by atoms with Crippen molar-refractivity contribution in [3.63, 3.8) is 0 Å². The number of carboxylic acid groups (broad SMARTS) is 1. The van der Waals surface area contributed by atoms with E-state index in [9.17, 15) is 13.6 Å². The number of aromatic carboxylic acids is 1. The lowest BCUT2D eigenvalue weighted by molar-refractivity contribution is 0.0691. The fourth-order valence-electron chi connectivity index (χ4n) is 1.55. The molecule has 1 aromatic heterocycles. The van der Waals surface area contributed by atoms with E-state index < -0.39 is 28.9 Å². The SMILES string of the molecule is O=C(O)c1ncccc1-c1c(F)ccc(Br)c1F. The minimum Gasteiger partial charge on any atom is -0.476 e. The molecule has 6 heteroatoms. The summed E-state index contributed by atoms with van der Waals surface area (Å²) in [6.07, 6.45) is 1.25. The van der Waals surface area contributed by atoms with Crippen molar-refractivity contribution in [1.29, 1.82) is 0 Å². The Morgan fingerprint density at radius 1 is 1.28 bits per heavy atom. The summed E-state index contributed by atoms with van der Waals surface area (Å²) in [5.74, 6) is -3.04. The number of halogens is 3. The maximum Gasteiger partial charge on any atom is 0.355 e. The van der Waals surface area contributed by atoms with Crippen LogP contribution in [0.4, 0.5) is 8.78 Å². The molecule has 18 heavy (non-hydrogen) atoms. The van der Waals surface area contributed by atoms with Gasteiger partial charge in [-0.3, -0.25) is 0 Å². The van der Waals surface area contributed by atoms with E-state index in [4.69, 9.17) is 5.11 Å². The van der Waals surface area contributed by atoms with Gasteiger partial charge in [0.1, 0.15) is 11.6 Å². The van der Waals surface area contributed by atoms with Crippen molar-refractivity contribution in [2.75, 3.05) is 0 Å². The second-order valence-corrected chi connectivity index (χ2v) is 4.28. The molecule has 0 fully saturated rings. The predicted molar refractivity (Wildman–Crippen MR) is 64.2 cm³/mol. The Kier molecular flexibility index (Phi) is 3.38. The van der Waals surface area contributed by atoms with Crippen LogP contribution in [-0.2, 0) is 0 Å². The molecule has 1 N–H and O–H groups in total. The summed E-state index contributed by atoms with van der Waals surface area (Å²) in [5, 5.41) is 8.96. The first-order valence-electron chi connectivity index (χ1n) is 4.84. The normalized spacial score (nSPS) is 10.4. The van der Waals surface area contributed by atoms with Crippen molar-refractivity contribution in [2.24, 2.45) is 0 Å². The highest BCUT2D eigenvalue weighted by Crippen LogP contribution is 2.32. The van der Waals surface area contributed by atoms with Crippen LogP contribution in [0.5, 0.6) is 0 Å². The van der Waals surface area contributed by atoms with Gasteiger partial charge in [0, 0.05) is 11.8 Å². The van der Waals surface area contributed by atoms with Gasteiger partial charge in [-0.2, -0.15) is 0 Å². The van der Waals surface area contributed by atoms with Crippen LogP contribution in [0.1, 0.15) is 10.5 Å². The zero-order chi connectivity index (χ0) is 13.3. The van der Waals surface area contributed by atoms with Crippen LogP contribution in [0.2, 0.25) is 0 Å². The van der Waals surface area contributed by atoms with E-state index in [2.05, 4.69) is 20.9 Å². The molecule has 0 saturated heterocycles. The largest absolute Gasteiger partial charge is 0.476 e. The molecule has 0 aliphatic rings. The van der Waals surface area contributed by atoms with Crippen LogP contribution in [0, 0.1) is 11.6 Å². The number of rotatable bonds is 2. The molecule has 0 aliphatic heterocycles. The van der Waals surface area contributed by atoms with E-state index in [1.807, 2.05) is 0 Å². The fraction of sp³-hybridized carbons (Fsp3) is 0. The number of pyridine rings is 1. The molecule has 2 rings (SSSR count). The van der Waals surface area contributed by atoms with E-state index in [1.165, 1.54) is 24.4 Å².